The van der Waals surface area contributed by atoms with Gasteiger partial charge in [-0.15, -0.1) is 0 Å². The summed E-state index contributed by atoms with van der Waals surface area (Å²) in [5.41, 5.74) is 5.91. The summed E-state index contributed by atoms with van der Waals surface area (Å²) < 4.78 is 5.27. The average Bonchev–Trinajstić information content (AvgIpc) is 2.76. The summed E-state index contributed by atoms with van der Waals surface area (Å²) in [5.74, 6) is 2.67. The van der Waals surface area contributed by atoms with Gasteiger partial charge in [-0.3, -0.25) is 0 Å². The number of aromatic nitrogens is 2. The molecule has 0 radical (unpaired) electrons. The molecule has 1 aromatic rings. The van der Waals surface area contributed by atoms with E-state index in [2.05, 4.69) is 30.9 Å². The van der Waals surface area contributed by atoms with Crippen molar-refractivity contribution in [3.8, 4) is 0 Å². The van der Waals surface area contributed by atoms with Crippen LogP contribution in [-0.4, -0.2) is 10.1 Å². The van der Waals surface area contributed by atoms with Gasteiger partial charge in [0.25, 0.3) is 0 Å². The summed E-state index contributed by atoms with van der Waals surface area (Å²) in [7, 11) is 0. The van der Waals surface area contributed by atoms with Crippen LogP contribution in [-0.2, 0) is 6.54 Å². The van der Waals surface area contributed by atoms with Gasteiger partial charge in [-0.25, -0.2) is 0 Å². The van der Waals surface area contributed by atoms with Gasteiger partial charge >= 0.3 is 0 Å². The van der Waals surface area contributed by atoms with E-state index < -0.39 is 0 Å². The fraction of sp³-hybridized carbons (Fsp3) is 0.846. The highest BCUT2D eigenvalue weighted by Gasteiger charge is 2.32. The quantitative estimate of drug-likeness (QED) is 0.859. The lowest BCUT2D eigenvalue weighted by molar-refractivity contribution is 0.159. The number of hydrogen-bond acceptors (Lipinski definition) is 4. The molecule has 0 aromatic carbocycles. The van der Waals surface area contributed by atoms with E-state index in [1.165, 1.54) is 12.8 Å². The number of nitrogens with zero attached hydrogens (tertiary/aromatic N) is 2. The second kappa shape index (κ2) is 4.77. The van der Waals surface area contributed by atoms with Gasteiger partial charge in [0.1, 0.15) is 0 Å². The van der Waals surface area contributed by atoms with Crippen LogP contribution in [0.15, 0.2) is 4.52 Å². The maximum absolute atomic E-state index is 5.49. The lowest BCUT2D eigenvalue weighted by Gasteiger charge is -2.35. The zero-order chi connectivity index (χ0) is 12.5. The molecule has 1 aliphatic carbocycles. The number of rotatable bonds is 2. The molecule has 17 heavy (non-hydrogen) atoms. The molecule has 96 valence electrons. The lowest BCUT2D eigenvalue weighted by atomic mass is 9.70. The van der Waals surface area contributed by atoms with E-state index in [1.54, 1.807) is 0 Å². The summed E-state index contributed by atoms with van der Waals surface area (Å²) in [4.78, 5) is 4.34. The van der Waals surface area contributed by atoms with Crippen LogP contribution in [0.3, 0.4) is 0 Å². The van der Waals surface area contributed by atoms with Crippen molar-refractivity contribution in [3.63, 3.8) is 0 Å². The van der Waals surface area contributed by atoms with Crippen molar-refractivity contribution in [2.45, 2.75) is 58.9 Å². The zero-order valence-corrected chi connectivity index (χ0v) is 11.1. The first-order valence-electron chi connectivity index (χ1n) is 6.53. The molecule has 1 aliphatic rings. The molecule has 1 heterocycles. The normalized spacial score (nSPS) is 26.1. The Hall–Kier alpha value is -0.900. The Bertz CT molecular complexity index is 359. The van der Waals surface area contributed by atoms with Crippen molar-refractivity contribution < 1.29 is 4.52 Å². The van der Waals surface area contributed by atoms with E-state index in [0.717, 1.165) is 24.7 Å². The standard InChI is InChI=1S/C13H23N3O/c1-13(2,3)10-6-4-9(5-7-10)12-15-11(8-14)16-17-12/h9-10H,4-8,14H2,1-3H3. The van der Waals surface area contributed by atoms with Gasteiger partial charge in [-0.05, 0) is 37.0 Å². The predicted octanol–water partition coefficient (Wildman–Crippen LogP) is 2.85. The molecule has 1 saturated carbocycles. The first-order chi connectivity index (χ1) is 8.00. The zero-order valence-electron chi connectivity index (χ0n) is 11.1. The first kappa shape index (κ1) is 12.6. The maximum atomic E-state index is 5.49. The molecule has 1 aromatic heterocycles. The Balaban J connectivity index is 1.95. The van der Waals surface area contributed by atoms with E-state index in [0.29, 0.717) is 23.7 Å². The molecule has 2 rings (SSSR count). The monoisotopic (exact) mass is 237 g/mol. The highest BCUT2D eigenvalue weighted by atomic mass is 16.5. The van der Waals surface area contributed by atoms with Crippen LogP contribution in [0.1, 0.15) is 64.1 Å². The van der Waals surface area contributed by atoms with Crippen molar-refractivity contribution in [2.75, 3.05) is 0 Å². The van der Waals surface area contributed by atoms with Crippen LogP contribution in [0, 0.1) is 11.3 Å². The Morgan fingerprint density at radius 1 is 1.24 bits per heavy atom. The van der Waals surface area contributed by atoms with Crippen molar-refractivity contribution in [2.24, 2.45) is 17.1 Å². The molecule has 2 N–H and O–H groups in total. The van der Waals surface area contributed by atoms with Crippen LogP contribution in [0.4, 0.5) is 0 Å². The second-order valence-corrected chi connectivity index (χ2v) is 6.17. The van der Waals surface area contributed by atoms with Crippen LogP contribution in [0.25, 0.3) is 0 Å². The Morgan fingerprint density at radius 3 is 2.35 bits per heavy atom. The SMILES string of the molecule is CC(C)(C)C1CCC(c2nc(CN)no2)CC1. The minimum Gasteiger partial charge on any atom is -0.339 e. The molecule has 0 atom stereocenters. The van der Waals surface area contributed by atoms with Gasteiger partial charge in [-0.1, -0.05) is 25.9 Å². The molecular formula is C13H23N3O. The summed E-state index contributed by atoms with van der Waals surface area (Å²) in [6.45, 7) is 7.35. The van der Waals surface area contributed by atoms with E-state index in [9.17, 15) is 0 Å². The minimum atomic E-state index is 0.362. The van der Waals surface area contributed by atoms with Gasteiger partial charge < -0.3 is 10.3 Å². The van der Waals surface area contributed by atoms with Crippen LogP contribution in [0.5, 0.6) is 0 Å². The van der Waals surface area contributed by atoms with E-state index in [-0.39, 0.29) is 0 Å². The number of hydrogen-bond donors (Lipinski definition) is 1. The third kappa shape index (κ3) is 2.86. The molecule has 0 saturated heterocycles. The molecule has 1 fully saturated rings. The molecule has 0 bridgehead atoms. The second-order valence-electron chi connectivity index (χ2n) is 6.17. The molecule has 0 aliphatic heterocycles. The molecule has 4 heteroatoms. The van der Waals surface area contributed by atoms with Crippen molar-refractivity contribution in [1.29, 1.82) is 0 Å². The maximum Gasteiger partial charge on any atom is 0.229 e. The highest BCUT2D eigenvalue weighted by molar-refractivity contribution is 4.97. The smallest absolute Gasteiger partial charge is 0.229 e. The van der Waals surface area contributed by atoms with E-state index in [4.69, 9.17) is 10.3 Å². The lowest BCUT2D eigenvalue weighted by Crippen LogP contribution is -2.25. The Morgan fingerprint density at radius 2 is 1.88 bits per heavy atom. The largest absolute Gasteiger partial charge is 0.339 e. The Labute approximate surface area is 103 Å². The summed E-state index contributed by atoms with van der Waals surface area (Å²) >= 11 is 0. The summed E-state index contributed by atoms with van der Waals surface area (Å²) in [6.07, 6.45) is 4.84. The fourth-order valence-electron chi connectivity index (χ4n) is 2.72. The van der Waals surface area contributed by atoms with Gasteiger partial charge in [0, 0.05) is 5.92 Å². The third-order valence-electron chi connectivity index (χ3n) is 3.97. The van der Waals surface area contributed by atoms with E-state index >= 15 is 0 Å². The topological polar surface area (TPSA) is 64.9 Å². The Kier molecular flexibility index (Phi) is 3.52. The molecule has 0 unspecified atom stereocenters. The minimum absolute atomic E-state index is 0.362. The average molecular weight is 237 g/mol. The van der Waals surface area contributed by atoms with Crippen molar-refractivity contribution >= 4 is 0 Å². The molecule has 0 spiro atoms. The predicted molar refractivity (Wildman–Crippen MR) is 66.3 cm³/mol. The van der Waals surface area contributed by atoms with Gasteiger partial charge in [0.05, 0.1) is 6.54 Å². The van der Waals surface area contributed by atoms with Crippen molar-refractivity contribution in [3.05, 3.63) is 11.7 Å². The van der Waals surface area contributed by atoms with Crippen LogP contribution >= 0.6 is 0 Å². The van der Waals surface area contributed by atoms with E-state index in [1.807, 2.05) is 0 Å². The third-order valence-corrected chi connectivity index (χ3v) is 3.97. The van der Waals surface area contributed by atoms with Gasteiger partial charge in [0.2, 0.25) is 5.89 Å². The van der Waals surface area contributed by atoms with Crippen LogP contribution < -0.4 is 5.73 Å². The number of nitrogens with two attached hydrogens (primary N) is 1. The summed E-state index contributed by atoms with van der Waals surface area (Å²) in [5, 5.41) is 3.87. The molecule has 4 nitrogen and oxygen atoms in total. The summed E-state index contributed by atoms with van der Waals surface area (Å²) in [6, 6.07) is 0. The van der Waals surface area contributed by atoms with Gasteiger partial charge in [0.15, 0.2) is 5.82 Å². The van der Waals surface area contributed by atoms with Crippen molar-refractivity contribution in [1.82, 2.24) is 10.1 Å². The van der Waals surface area contributed by atoms with Gasteiger partial charge in [-0.2, -0.15) is 4.98 Å². The van der Waals surface area contributed by atoms with Crippen LogP contribution in [0.2, 0.25) is 0 Å². The molecular weight excluding hydrogens is 214 g/mol. The first-order valence-corrected chi connectivity index (χ1v) is 6.53. The fourth-order valence-corrected chi connectivity index (χ4v) is 2.72. The molecule has 0 amide bonds. The highest BCUT2D eigenvalue weighted by Crippen LogP contribution is 2.42.